The summed E-state index contributed by atoms with van der Waals surface area (Å²) in [5, 5.41) is 16.0. The smallest absolute Gasteiger partial charge is 0.151 e. The van der Waals surface area contributed by atoms with Gasteiger partial charge in [-0.05, 0) is 32.9 Å². The van der Waals surface area contributed by atoms with Gasteiger partial charge in [-0.25, -0.2) is 0 Å². The third kappa shape index (κ3) is 3.65. The minimum Gasteiger partial charge on any atom is -0.306 e. The van der Waals surface area contributed by atoms with Crippen LogP contribution in [0.5, 0.6) is 0 Å². The molecule has 0 saturated heterocycles. The Kier molecular flexibility index (Phi) is 4.25. The molecular formula is C17H22N6. The Labute approximate surface area is 136 Å². The quantitative estimate of drug-likeness (QED) is 0.786. The third-order valence-electron chi connectivity index (χ3n) is 3.59. The molecule has 0 saturated carbocycles. The number of benzene rings is 1. The Morgan fingerprint density at radius 1 is 1.09 bits per heavy atom. The molecule has 3 rings (SSSR count). The third-order valence-corrected chi connectivity index (χ3v) is 3.59. The molecule has 2 heterocycles. The highest BCUT2D eigenvalue weighted by atomic mass is 15.3. The van der Waals surface area contributed by atoms with Gasteiger partial charge in [0.15, 0.2) is 5.82 Å². The van der Waals surface area contributed by atoms with Crippen molar-refractivity contribution in [2.24, 2.45) is 0 Å². The van der Waals surface area contributed by atoms with Crippen LogP contribution in [0.15, 0.2) is 49.1 Å². The maximum absolute atomic E-state index is 4.41. The molecule has 3 aromatic rings. The Morgan fingerprint density at radius 3 is 2.57 bits per heavy atom. The van der Waals surface area contributed by atoms with Gasteiger partial charge in [-0.1, -0.05) is 18.2 Å². The fourth-order valence-electron chi connectivity index (χ4n) is 2.32. The lowest BCUT2D eigenvalue weighted by molar-refractivity contribution is 0.355. The highest BCUT2D eigenvalue weighted by molar-refractivity contribution is 5.31. The lowest BCUT2D eigenvalue weighted by atomic mass is 10.1. The molecule has 0 bridgehead atoms. The summed E-state index contributed by atoms with van der Waals surface area (Å²) in [4.78, 5) is 0. The standard InChI is InChI=1S/C17H22N6/c1-17(2,3)23-12-14(10-20-23)9-18-11-16-21-19-13-22(16)15-7-5-4-6-8-15/h4-8,10,12-13,18H,9,11H2,1-3H3. The van der Waals surface area contributed by atoms with Crippen LogP contribution in [0.2, 0.25) is 0 Å². The molecule has 0 unspecified atom stereocenters. The first-order valence-corrected chi connectivity index (χ1v) is 7.73. The van der Waals surface area contributed by atoms with E-state index in [2.05, 4.69) is 47.6 Å². The predicted octanol–water partition coefficient (Wildman–Crippen LogP) is 2.51. The fourth-order valence-corrected chi connectivity index (χ4v) is 2.32. The van der Waals surface area contributed by atoms with Crippen LogP contribution >= 0.6 is 0 Å². The molecule has 6 nitrogen and oxygen atoms in total. The average molecular weight is 310 g/mol. The molecule has 1 aromatic carbocycles. The summed E-state index contributed by atoms with van der Waals surface area (Å²) in [7, 11) is 0. The molecule has 120 valence electrons. The molecule has 2 aromatic heterocycles. The summed E-state index contributed by atoms with van der Waals surface area (Å²) >= 11 is 0. The lowest BCUT2D eigenvalue weighted by Crippen LogP contribution is -2.22. The summed E-state index contributed by atoms with van der Waals surface area (Å²) in [6.45, 7) is 7.81. The molecule has 0 aliphatic rings. The second kappa shape index (κ2) is 6.34. The van der Waals surface area contributed by atoms with Gasteiger partial charge in [0.25, 0.3) is 0 Å². The van der Waals surface area contributed by atoms with E-state index in [-0.39, 0.29) is 5.54 Å². The molecule has 0 radical (unpaired) electrons. The zero-order valence-corrected chi connectivity index (χ0v) is 13.8. The molecule has 0 aliphatic carbocycles. The van der Waals surface area contributed by atoms with Crippen LogP contribution in [0.1, 0.15) is 32.2 Å². The van der Waals surface area contributed by atoms with E-state index in [1.54, 1.807) is 6.33 Å². The highest BCUT2D eigenvalue weighted by Crippen LogP contribution is 2.13. The number of para-hydroxylation sites is 1. The van der Waals surface area contributed by atoms with E-state index in [9.17, 15) is 0 Å². The van der Waals surface area contributed by atoms with Crippen molar-refractivity contribution in [1.29, 1.82) is 0 Å². The normalized spacial score (nSPS) is 11.8. The van der Waals surface area contributed by atoms with Gasteiger partial charge < -0.3 is 5.32 Å². The summed E-state index contributed by atoms with van der Waals surface area (Å²) in [5.74, 6) is 0.888. The van der Waals surface area contributed by atoms with E-state index in [1.807, 2.05) is 45.8 Å². The van der Waals surface area contributed by atoms with Crippen LogP contribution in [0.25, 0.3) is 5.69 Å². The Hall–Kier alpha value is -2.47. The van der Waals surface area contributed by atoms with Gasteiger partial charge >= 0.3 is 0 Å². The molecule has 23 heavy (non-hydrogen) atoms. The van der Waals surface area contributed by atoms with Crippen molar-refractivity contribution in [1.82, 2.24) is 29.9 Å². The SMILES string of the molecule is CC(C)(C)n1cc(CNCc2nncn2-c2ccccc2)cn1. The average Bonchev–Trinajstić information content (AvgIpc) is 3.17. The van der Waals surface area contributed by atoms with Crippen LogP contribution in [-0.2, 0) is 18.6 Å². The van der Waals surface area contributed by atoms with Crippen molar-refractivity contribution in [3.63, 3.8) is 0 Å². The van der Waals surface area contributed by atoms with Crippen LogP contribution in [-0.4, -0.2) is 24.5 Å². The predicted molar refractivity (Wildman–Crippen MR) is 89.1 cm³/mol. The van der Waals surface area contributed by atoms with Crippen LogP contribution < -0.4 is 5.32 Å². The Balaban J connectivity index is 1.62. The zero-order valence-electron chi connectivity index (χ0n) is 13.8. The van der Waals surface area contributed by atoms with E-state index in [4.69, 9.17) is 0 Å². The maximum Gasteiger partial charge on any atom is 0.151 e. The van der Waals surface area contributed by atoms with Crippen molar-refractivity contribution in [3.05, 3.63) is 60.4 Å². The number of aromatic nitrogens is 5. The second-order valence-electron chi connectivity index (χ2n) is 6.52. The molecule has 0 aliphatic heterocycles. The van der Waals surface area contributed by atoms with Gasteiger partial charge in [-0.15, -0.1) is 10.2 Å². The van der Waals surface area contributed by atoms with Crippen molar-refractivity contribution >= 4 is 0 Å². The lowest BCUT2D eigenvalue weighted by Gasteiger charge is -2.18. The Bertz CT molecular complexity index is 751. The first-order chi connectivity index (χ1) is 11.0. The van der Waals surface area contributed by atoms with E-state index < -0.39 is 0 Å². The first kappa shape index (κ1) is 15.4. The van der Waals surface area contributed by atoms with E-state index in [1.165, 1.54) is 0 Å². The minimum absolute atomic E-state index is 0.00569. The van der Waals surface area contributed by atoms with Crippen LogP contribution in [0.4, 0.5) is 0 Å². The van der Waals surface area contributed by atoms with Gasteiger partial charge in [-0.2, -0.15) is 5.10 Å². The van der Waals surface area contributed by atoms with Gasteiger partial charge in [0.05, 0.1) is 18.3 Å². The number of rotatable bonds is 5. The van der Waals surface area contributed by atoms with Crippen molar-refractivity contribution in [3.8, 4) is 5.69 Å². The van der Waals surface area contributed by atoms with Gasteiger partial charge in [0.2, 0.25) is 0 Å². The van der Waals surface area contributed by atoms with E-state index >= 15 is 0 Å². The second-order valence-corrected chi connectivity index (χ2v) is 6.52. The fraction of sp³-hybridized carbons (Fsp3) is 0.353. The summed E-state index contributed by atoms with van der Waals surface area (Å²) in [6.07, 6.45) is 5.72. The van der Waals surface area contributed by atoms with Crippen molar-refractivity contribution in [2.45, 2.75) is 39.4 Å². The number of nitrogens with zero attached hydrogens (tertiary/aromatic N) is 5. The molecule has 1 N–H and O–H groups in total. The van der Waals surface area contributed by atoms with Crippen LogP contribution in [0.3, 0.4) is 0 Å². The topological polar surface area (TPSA) is 60.6 Å². The van der Waals surface area contributed by atoms with Gasteiger partial charge in [0, 0.05) is 24.0 Å². The molecule has 0 amide bonds. The minimum atomic E-state index is 0.00569. The highest BCUT2D eigenvalue weighted by Gasteiger charge is 2.13. The largest absolute Gasteiger partial charge is 0.306 e. The number of hydrogen-bond donors (Lipinski definition) is 1. The summed E-state index contributed by atoms with van der Waals surface area (Å²) in [5.41, 5.74) is 2.23. The summed E-state index contributed by atoms with van der Waals surface area (Å²) < 4.78 is 3.97. The van der Waals surface area contributed by atoms with Gasteiger partial charge in [0.1, 0.15) is 6.33 Å². The zero-order chi connectivity index (χ0) is 16.3. The maximum atomic E-state index is 4.41. The van der Waals surface area contributed by atoms with Crippen LogP contribution in [0, 0.1) is 0 Å². The van der Waals surface area contributed by atoms with Crippen molar-refractivity contribution in [2.75, 3.05) is 0 Å². The van der Waals surface area contributed by atoms with Crippen molar-refractivity contribution < 1.29 is 0 Å². The first-order valence-electron chi connectivity index (χ1n) is 7.73. The molecule has 0 atom stereocenters. The number of nitrogens with one attached hydrogen (secondary N) is 1. The van der Waals surface area contributed by atoms with Gasteiger partial charge in [-0.3, -0.25) is 9.25 Å². The van der Waals surface area contributed by atoms with E-state index in [0.29, 0.717) is 6.54 Å². The molecule has 6 heteroatoms. The monoisotopic (exact) mass is 310 g/mol. The summed E-state index contributed by atoms with van der Waals surface area (Å²) in [6, 6.07) is 10.1. The Morgan fingerprint density at radius 2 is 1.87 bits per heavy atom. The molecule has 0 fully saturated rings. The molecular weight excluding hydrogens is 288 g/mol. The molecule has 0 spiro atoms. The number of hydrogen-bond acceptors (Lipinski definition) is 4. The van der Waals surface area contributed by atoms with E-state index in [0.717, 1.165) is 23.6 Å².